The van der Waals surface area contributed by atoms with E-state index in [9.17, 15) is 19.8 Å². The van der Waals surface area contributed by atoms with Gasteiger partial charge in [-0.15, -0.1) is 0 Å². The van der Waals surface area contributed by atoms with E-state index < -0.39 is 30.8 Å². The number of hydrogen-bond donors (Lipinski definition) is 4. The molecule has 1 fully saturated rings. The Labute approximate surface area is 205 Å². The topological polar surface area (TPSA) is 136 Å². The minimum atomic E-state index is -1.18. The molecule has 0 aliphatic carbocycles. The molecule has 2 aromatic rings. The predicted molar refractivity (Wildman–Crippen MR) is 131 cm³/mol. The van der Waals surface area contributed by atoms with Crippen molar-refractivity contribution in [1.29, 1.82) is 0 Å². The maximum Gasteiger partial charge on any atom is 0.261 e. The highest BCUT2D eigenvalue weighted by Crippen LogP contribution is 2.20. The predicted octanol–water partition coefficient (Wildman–Crippen LogP) is 0.603. The number of aliphatic hydroxyl groups excluding tert-OH is 2. The van der Waals surface area contributed by atoms with Gasteiger partial charge in [0.05, 0.1) is 25.0 Å². The summed E-state index contributed by atoms with van der Waals surface area (Å²) >= 11 is 1.98. The zero-order valence-corrected chi connectivity index (χ0v) is 20.5. The van der Waals surface area contributed by atoms with E-state index in [1.807, 2.05) is 53.1 Å². The summed E-state index contributed by atoms with van der Waals surface area (Å²) in [6.07, 6.45) is -0.0267. The molecule has 0 radical (unpaired) electrons. The van der Waals surface area contributed by atoms with E-state index in [4.69, 9.17) is 9.57 Å². The number of para-hydroxylation sites is 1. The Kier molecular flexibility index (Phi) is 9.47. The number of ether oxygens (including phenoxy) is 1. The van der Waals surface area contributed by atoms with Gasteiger partial charge < -0.3 is 35.0 Å². The number of aromatic amines is 1. The highest BCUT2D eigenvalue weighted by atomic mass is 127. The van der Waals surface area contributed by atoms with Crippen LogP contribution in [0.5, 0.6) is 0 Å². The van der Waals surface area contributed by atoms with Crippen molar-refractivity contribution >= 4 is 51.0 Å². The summed E-state index contributed by atoms with van der Waals surface area (Å²) < 4.78 is 5.66. The van der Waals surface area contributed by atoms with Crippen molar-refractivity contribution in [2.75, 3.05) is 37.3 Å². The number of carbonyl (C=O) groups is 2. The van der Waals surface area contributed by atoms with Gasteiger partial charge in [-0.3, -0.25) is 9.59 Å². The van der Waals surface area contributed by atoms with Crippen LogP contribution < -0.4 is 5.32 Å². The standard InChI is InChI=1S/C22H29IN4O6/c1-14(28)21(30)19(11-23)26-33-13-20(29)25-18(22(31)27-6-8-32-9-7-27)10-15-12-24-17-5-3-2-4-16(15)17/h2-5,12,14,18,21,24,28,30H,6-11,13H2,1H3,(H,25,29)/b26-19-. The molecule has 3 rings (SSSR count). The van der Waals surface area contributed by atoms with Crippen LogP contribution in [0.2, 0.25) is 0 Å². The van der Waals surface area contributed by atoms with Gasteiger partial charge in [0.1, 0.15) is 12.1 Å². The van der Waals surface area contributed by atoms with E-state index in [1.54, 1.807) is 4.90 Å². The molecule has 2 heterocycles. The number of rotatable bonds is 10. The van der Waals surface area contributed by atoms with Gasteiger partial charge >= 0.3 is 0 Å². The Balaban J connectivity index is 1.69. The van der Waals surface area contributed by atoms with E-state index in [1.165, 1.54) is 6.92 Å². The van der Waals surface area contributed by atoms with E-state index >= 15 is 0 Å². The highest BCUT2D eigenvalue weighted by Gasteiger charge is 2.28. The molecule has 0 bridgehead atoms. The normalized spacial score (nSPS) is 17.5. The van der Waals surface area contributed by atoms with Gasteiger partial charge in [-0.1, -0.05) is 45.9 Å². The van der Waals surface area contributed by atoms with Crippen molar-refractivity contribution in [1.82, 2.24) is 15.2 Å². The first-order chi connectivity index (χ1) is 15.9. The highest BCUT2D eigenvalue weighted by molar-refractivity contribution is 14.1. The van der Waals surface area contributed by atoms with E-state index in [0.717, 1.165) is 16.5 Å². The average Bonchev–Trinajstić information content (AvgIpc) is 3.24. The fraction of sp³-hybridized carbons (Fsp3) is 0.500. The molecule has 11 heteroatoms. The number of nitrogens with zero attached hydrogens (tertiary/aromatic N) is 2. The minimum Gasteiger partial charge on any atom is -0.390 e. The lowest BCUT2D eigenvalue weighted by atomic mass is 10.0. The molecule has 1 aromatic carbocycles. The lowest BCUT2D eigenvalue weighted by molar-refractivity contribution is -0.140. The summed E-state index contributed by atoms with van der Waals surface area (Å²) in [6, 6.07) is 6.99. The van der Waals surface area contributed by atoms with E-state index in [-0.39, 0.29) is 11.6 Å². The van der Waals surface area contributed by atoms with Gasteiger partial charge in [0.25, 0.3) is 5.91 Å². The minimum absolute atomic E-state index is 0.182. The number of hydrogen-bond acceptors (Lipinski definition) is 7. The van der Waals surface area contributed by atoms with Crippen molar-refractivity contribution in [2.45, 2.75) is 31.6 Å². The molecule has 1 saturated heterocycles. The number of aromatic nitrogens is 1. The van der Waals surface area contributed by atoms with Crippen LogP contribution in [0.25, 0.3) is 10.9 Å². The van der Waals surface area contributed by atoms with E-state index in [0.29, 0.717) is 37.2 Å². The molecule has 10 nitrogen and oxygen atoms in total. The fourth-order valence-corrected chi connectivity index (χ4v) is 4.16. The quantitative estimate of drug-likeness (QED) is 0.143. The van der Waals surface area contributed by atoms with Crippen LogP contribution in [-0.4, -0.2) is 93.2 Å². The Morgan fingerprint density at radius 3 is 2.73 bits per heavy atom. The molecular formula is C22H29IN4O6. The molecule has 1 aliphatic rings. The monoisotopic (exact) mass is 572 g/mol. The SMILES string of the molecule is CC(O)C(O)/C(CI)=N\OCC(=O)NC(Cc1c[nH]c2ccccc12)C(=O)N1CCOCC1. The average molecular weight is 572 g/mol. The number of carbonyl (C=O) groups excluding carboxylic acids is 2. The van der Waals surface area contributed by atoms with Gasteiger partial charge in [0.15, 0.2) is 6.61 Å². The number of aliphatic hydroxyl groups is 2. The Morgan fingerprint density at radius 2 is 2.03 bits per heavy atom. The lowest BCUT2D eigenvalue weighted by Crippen LogP contribution is -2.53. The second kappa shape index (κ2) is 12.3. The zero-order chi connectivity index (χ0) is 23.8. The van der Waals surface area contributed by atoms with Gasteiger partial charge in [-0.25, -0.2) is 0 Å². The smallest absolute Gasteiger partial charge is 0.261 e. The van der Waals surface area contributed by atoms with Crippen LogP contribution in [0, 0.1) is 0 Å². The fourth-order valence-electron chi connectivity index (χ4n) is 3.57. The van der Waals surface area contributed by atoms with Crippen molar-refractivity contribution in [2.24, 2.45) is 5.16 Å². The zero-order valence-electron chi connectivity index (χ0n) is 18.4. The van der Waals surface area contributed by atoms with Crippen LogP contribution in [0.15, 0.2) is 35.6 Å². The third kappa shape index (κ3) is 6.88. The maximum absolute atomic E-state index is 13.2. The first-order valence-electron chi connectivity index (χ1n) is 10.7. The third-order valence-corrected chi connectivity index (χ3v) is 6.15. The van der Waals surface area contributed by atoms with Gasteiger partial charge in [0, 0.05) is 41.0 Å². The molecule has 3 unspecified atom stereocenters. The maximum atomic E-state index is 13.2. The first-order valence-corrected chi connectivity index (χ1v) is 12.2. The molecule has 3 atom stereocenters. The Hall–Kier alpha value is -2.22. The third-order valence-electron chi connectivity index (χ3n) is 5.37. The van der Waals surface area contributed by atoms with Crippen molar-refractivity contribution < 1.29 is 29.4 Å². The molecular weight excluding hydrogens is 543 g/mol. The first kappa shape index (κ1) is 25.4. The molecule has 0 spiro atoms. The number of H-pyrrole nitrogens is 1. The van der Waals surface area contributed by atoms with Crippen LogP contribution in [-0.2, 0) is 25.6 Å². The molecule has 4 N–H and O–H groups in total. The summed E-state index contributed by atoms with van der Waals surface area (Å²) in [6.45, 7) is 2.87. The van der Waals surface area contributed by atoms with Gasteiger partial charge in [-0.2, -0.15) is 0 Å². The second-order valence-corrected chi connectivity index (χ2v) is 8.56. The molecule has 1 aliphatic heterocycles. The van der Waals surface area contributed by atoms with Crippen LogP contribution in [0.3, 0.4) is 0 Å². The van der Waals surface area contributed by atoms with Crippen LogP contribution in [0.4, 0.5) is 0 Å². The molecule has 0 saturated carbocycles. The molecule has 1 aromatic heterocycles. The Morgan fingerprint density at radius 1 is 1.30 bits per heavy atom. The van der Waals surface area contributed by atoms with E-state index in [2.05, 4.69) is 15.5 Å². The number of nitrogens with one attached hydrogen (secondary N) is 2. The number of amides is 2. The largest absolute Gasteiger partial charge is 0.390 e. The van der Waals surface area contributed by atoms with Crippen LogP contribution >= 0.6 is 22.6 Å². The second-order valence-electron chi connectivity index (χ2n) is 7.80. The number of morpholine rings is 1. The van der Waals surface area contributed by atoms with Crippen molar-refractivity contribution in [3.05, 3.63) is 36.0 Å². The number of fused-ring (bicyclic) bond motifs is 1. The van der Waals surface area contributed by atoms with Crippen molar-refractivity contribution in [3.8, 4) is 0 Å². The number of benzene rings is 1. The summed E-state index contributed by atoms with van der Waals surface area (Å²) in [4.78, 5) is 35.8. The van der Waals surface area contributed by atoms with Crippen molar-refractivity contribution in [3.63, 3.8) is 0 Å². The summed E-state index contributed by atoms with van der Waals surface area (Å²) in [5.74, 6) is -0.692. The molecule has 33 heavy (non-hydrogen) atoms. The lowest BCUT2D eigenvalue weighted by Gasteiger charge is -2.30. The Bertz CT molecular complexity index is 973. The van der Waals surface area contributed by atoms with Crippen LogP contribution in [0.1, 0.15) is 12.5 Å². The molecule has 2 amide bonds. The number of oxime groups is 1. The molecule has 180 valence electrons. The van der Waals surface area contributed by atoms with Gasteiger partial charge in [0.2, 0.25) is 5.91 Å². The number of alkyl halides is 1. The van der Waals surface area contributed by atoms with Gasteiger partial charge in [-0.05, 0) is 18.6 Å². The summed E-state index contributed by atoms with van der Waals surface area (Å²) in [5.41, 5.74) is 2.10. The number of halogens is 1. The summed E-state index contributed by atoms with van der Waals surface area (Å²) in [5, 5.41) is 27.0. The summed E-state index contributed by atoms with van der Waals surface area (Å²) in [7, 11) is 0.